The zero-order valence-corrected chi connectivity index (χ0v) is 13.0. The fraction of sp³-hybridized carbons (Fsp3) is 0.267. The van der Waals surface area contributed by atoms with Gasteiger partial charge in [0.25, 0.3) is 5.91 Å². The lowest BCUT2D eigenvalue weighted by atomic mass is 10.2. The van der Waals surface area contributed by atoms with Gasteiger partial charge in [-0.1, -0.05) is 29.8 Å². The molecule has 0 aliphatic heterocycles. The van der Waals surface area contributed by atoms with Crippen molar-refractivity contribution in [1.29, 1.82) is 0 Å². The monoisotopic (exact) mass is 303 g/mol. The molecule has 2 rings (SSSR count). The molecule has 6 heteroatoms. The normalized spacial score (nSPS) is 10.2. The Bertz CT molecular complexity index is 647. The van der Waals surface area contributed by atoms with E-state index < -0.39 is 0 Å². The van der Waals surface area contributed by atoms with Gasteiger partial charge in [0.15, 0.2) is 0 Å². The number of nitrogens with zero attached hydrogens (tertiary/aromatic N) is 2. The van der Waals surface area contributed by atoms with Crippen LogP contribution in [0.4, 0.5) is 0 Å². The predicted octanol–water partition coefficient (Wildman–Crippen LogP) is 1.94. The van der Waals surface area contributed by atoms with Crippen molar-refractivity contribution in [2.45, 2.75) is 6.92 Å². The highest BCUT2D eigenvalue weighted by Gasteiger charge is 2.13. The summed E-state index contributed by atoms with van der Waals surface area (Å²) in [5.41, 5.74) is 2.49. The van der Waals surface area contributed by atoms with Gasteiger partial charge in [-0.25, -0.2) is 4.98 Å². The highest BCUT2D eigenvalue weighted by Crippen LogP contribution is 2.23. The number of rotatable bonds is 4. The number of benzene rings is 1. The molecular formula is C15H17N3O2S. The molecule has 110 valence electrons. The Hall–Kier alpha value is -2.21. The van der Waals surface area contributed by atoms with Gasteiger partial charge in [0.2, 0.25) is 5.91 Å². The number of hydrogen-bond acceptors (Lipinski definition) is 4. The van der Waals surface area contributed by atoms with E-state index in [1.165, 1.54) is 21.8 Å². The van der Waals surface area contributed by atoms with Gasteiger partial charge in [0.1, 0.15) is 10.7 Å². The van der Waals surface area contributed by atoms with Crippen molar-refractivity contribution in [3.8, 4) is 10.6 Å². The number of aryl methyl sites for hydroxylation is 1. The molecule has 0 bridgehead atoms. The minimum absolute atomic E-state index is 0.0246. The van der Waals surface area contributed by atoms with E-state index in [4.69, 9.17) is 0 Å². The third-order valence-electron chi connectivity index (χ3n) is 2.93. The van der Waals surface area contributed by atoms with Gasteiger partial charge >= 0.3 is 0 Å². The molecule has 1 N–H and O–H groups in total. The molecule has 0 atom stereocenters. The summed E-state index contributed by atoms with van der Waals surface area (Å²) in [6.07, 6.45) is 0. The number of aromatic nitrogens is 1. The summed E-state index contributed by atoms with van der Waals surface area (Å²) in [5.74, 6) is -0.489. The van der Waals surface area contributed by atoms with E-state index in [1.807, 2.05) is 31.2 Å². The standard InChI is InChI=1S/C15H17N3O2S/c1-10-4-6-11(7-5-10)15-17-12(9-21-15)14(20)16-8-13(19)18(2)3/h4-7,9H,8H2,1-3H3,(H,16,20). The van der Waals surface area contributed by atoms with Gasteiger partial charge in [-0.05, 0) is 6.92 Å². The zero-order chi connectivity index (χ0) is 15.4. The minimum Gasteiger partial charge on any atom is -0.347 e. The molecule has 2 aromatic rings. The van der Waals surface area contributed by atoms with Crippen LogP contribution in [0.3, 0.4) is 0 Å². The van der Waals surface area contributed by atoms with Gasteiger partial charge in [0.05, 0.1) is 6.54 Å². The number of carbonyl (C=O) groups is 2. The number of amides is 2. The highest BCUT2D eigenvalue weighted by atomic mass is 32.1. The Labute approximate surface area is 127 Å². The highest BCUT2D eigenvalue weighted by molar-refractivity contribution is 7.13. The molecule has 1 aromatic heterocycles. The fourth-order valence-electron chi connectivity index (χ4n) is 1.61. The molecule has 0 aliphatic rings. The largest absolute Gasteiger partial charge is 0.347 e. The smallest absolute Gasteiger partial charge is 0.271 e. The van der Waals surface area contributed by atoms with Gasteiger partial charge in [0, 0.05) is 25.0 Å². The van der Waals surface area contributed by atoms with Crippen LogP contribution in [0, 0.1) is 6.92 Å². The number of nitrogens with one attached hydrogen (secondary N) is 1. The summed E-state index contributed by atoms with van der Waals surface area (Å²) < 4.78 is 0. The number of hydrogen-bond donors (Lipinski definition) is 1. The molecule has 0 saturated carbocycles. The molecular weight excluding hydrogens is 286 g/mol. The maximum atomic E-state index is 11.9. The van der Waals surface area contributed by atoms with Crippen LogP contribution in [0.25, 0.3) is 10.6 Å². The molecule has 21 heavy (non-hydrogen) atoms. The molecule has 0 radical (unpaired) electrons. The Morgan fingerprint density at radius 2 is 1.90 bits per heavy atom. The number of carbonyl (C=O) groups excluding carboxylic acids is 2. The Morgan fingerprint density at radius 1 is 1.24 bits per heavy atom. The van der Waals surface area contributed by atoms with Crippen molar-refractivity contribution < 1.29 is 9.59 Å². The van der Waals surface area contributed by atoms with Gasteiger partial charge < -0.3 is 10.2 Å². The molecule has 5 nitrogen and oxygen atoms in total. The first kappa shape index (κ1) is 15.2. The van der Waals surface area contributed by atoms with Crippen molar-refractivity contribution in [2.24, 2.45) is 0 Å². The van der Waals surface area contributed by atoms with E-state index in [-0.39, 0.29) is 18.4 Å². The zero-order valence-electron chi connectivity index (χ0n) is 12.2. The van der Waals surface area contributed by atoms with Crippen LogP contribution in [0.5, 0.6) is 0 Å². The lowest BCUT2D eigenvalue weighted by Crippen LogP contribution is -2.36. The lowest BCUT2D eigenvalue weighted by molar-refractivity contribution is -0.127. The van der Waals surface area contributed by atoms with Crippen LogP contribution in [-0.4, -0.2) is 42.3 Å². The maximum absolute atomic E-state index is 11.9. The molecule has 0 aliphatic carbocycles. The van der Waals surface area contributed by atoms with Crippen LogP contribution in [0.1, 0.15) is 16.1 Å². The third kappa shape index (κ3) is 3.88. The molecule has 0 spiro atoms. The minimum atomic E-state index is -0.334. The number of thiazole rings is 1. The topological polar surface area (TPSA) is 62.3 Å². The Balaban J connectivity index is 2.04. The quantitative estimate of drug-likeness (QED) is 0.939. The van der Waals surface area contributed by atoms with Gasteiger partial charge in [-0.3, -0.25) is 9.59 Å². The van der Waals surface area contributed by atoms with Crippen molar-refractivity contribution >= 4 is 23.2 Å². The first-order valence-corrected chi connectivity index (χ1v) is 7.36. The van der Waals surface area contributed by atoms with Crippen molar-refractivity contribution in [2.75, 3.05) is 20.6 Å². The molecule has 0 fully saturated rings. The summed E-state index contributed by atoms with van der Waals surface area (Å²) in [6, 6.07) is 7.97. The predicted molar refractivity (Wildman–Crippen MR) is 83.3 cm³/mol. The van der Waals surface area contributed by atoms with Gasteiger partial charge in [-0.2, -0.15) is 0 Å². The van der Waals surface area contributed by atoms with Crippen molar-refractivity contribution in [1.82, 2.24) is 15.2 Å². The second-order valence-electron chi connectivity index (χ2n) is 4.87. The van der Waals surface area contributed by atoms with E-state index in [9.17, 15) is 9.59 Å². The Morgan fingerprint density at radius 3 is 2.52 bits per heavy atom. The van der Waals surface area contributed by atoms with E-state index in [1.54, 1.807) is 19.5 Å². The van der Waals surface area contributed by atoms with E-state index in [0.29, 0.717) is 5.69 Å². The van der Waals surface area contributed by atoms with Gasteiger partial charge in [-0.15, -0.1) is 11.3 Å². The van der Waals surface area contributed by atoms with Crippen molar-refractivity contribution in [3.05, 3.63) is 40.9 Å². The average molecular weight is 303 g/mol. The Kier molecular flexibility index (Phi) is 4.70. The SMILES string of the molecule is Cc1ccc(-c2nc(C(=O)NCC(=O)N(C)C)cs2)cc1. The lowest BCUT2D eigenvalue weighted by Gasteiger charge is -2.10. The summed E-state index contributed by atoms with van der Waals surface area (Å²) >= 11 is 1.41. The van der Waals surface area contributed by atoms with Crippen LogP contribution >= 0.6 is 11.3 Å². The average Bonchev–Trinajstić information content (AvgIpc) is 2.94. The van der Waals surface area contributed by atoms with Crippen LogP contribution in [0.15, 0.2) is 29.6 Å². The van der Waals surface area contributed by atoms with E-state index in [0.717, 1.165) is 10.6 Å². The van der Waals surface area contributed by atoms with Crippen LogP contribution in [0.2, 0.25) is 0 Å². The van der Waals surface area contributed by atoms with E-state index in [2.05, 4.69) is 10.3 Å². The first-order chi connectivity index (χ1) is 9.97. The molecule has 1 aromatic carbocycles. The summed E-state index contributed by atoms with van der Waals surface area (Å²) in [6.45, 7) is 2.00. The summed E-state index contributed by atoms with van der Waals surface area (Å²) in [5, 5.41) is 5.06. The number of likely N-dealkylation sites (N-methyl/N-ethyl adjacent to an activating group) is 1. The van der Waals surface area contributed by atoms with E-state index >= 15 is 0 Å². The summed E-state index contributed by atoms with van der Waals surface area (Å²) in [4.78, 5) is 29.1. The summed E-state index contributed by atoms with van der Waals surface area (Å²) in [7, 11) is 3.29. The molecule has 2 amide bonds. The third-order valence-corrected chi connectivity index (χ3v) is 3.83. The molecule has 0 unspecified atom stereocenters. The maximum Gasteiger partial charge on any atom is 0.271 e. The second kappa shape index (κ2) is 6.49. The fourth-order valence-corrected chi connectivity index (χ4v) is 2.42. The molecule has 0 saturated heterocycles. The van der Waals surface area contributed by atoms with Crippen LogP contribution < -0.4 is 5.32 Å². The first-order valence-electron chi connectivity index (χ1n) is 6.48. The van der Waals surface area contributed by atoms with Crippen LogP contribution in [-0.2, 0) is 4.79 Å². The molecule has 1 heterocycles. The second-order valence-corrected chi connectivity index (χ2v) is 5.73. The van der Waals surface area contributed by atoms with Crippen molar-refractivity contribution in [3.63, 3.8) is 0 Å².